The van der Waals surface area contributed by atoms with Crippen molar-refractivity contribution < 1.29 is 23.2 Å². The predicted octanol–water partition coefficient (Wildman–Crippen LogP) is 3.43. The number of amidine groups is 1. The maximum Gasteiger partial charge on any atom is 0.220 e. The molecule has 1 aromatic heterocycles. The molecule has 3 aliphatic rings. The number of aromatic nitrogens is 1. The molecule has 184 valence electrons. The number of aliphatic imine (C=N–C) groups is 1. The van der Waals surface area contributed by atoms with Gasteiger partial charge in [0.25, 0.3) is 0 Å². The van der Waals surface area contributed by atoms with E-state index in [-0.39, 0.29) is 29.8 Å². The predicted molar refractivity (Wildman–Crippen MR) is 125 cm³/mol. The van der Waals surface area contributed by atoms with Gasteiger partial charge in [-0.2, -0.15) is 0 Å². The number of nitrogens with zero attached hydrogens (tertiary/aromatic N) is 2. The number of carbonyl (C=O) groups excluding carboxylic acids is 2. The first-order chi connectivity index (χ1) is 17.0. The number of halogens is 1. The van der Waals surface area contributed by atoms with Crippen LogP contribution in [0.2, 0.25) is 0 Å². The van der Waals surface area contributed by atoms with Gasteiger partial charge in [-0.05, 0) is 25.3 Å². The van der Waals surface area contributed by atoms with Gasteiger partial charge < -0.3 is 25.2 Å². The lowest BCUT2D eigenvalue weighted by molar-refractivity contribution is -0.119. The lowest BCUT2D eigenvalue weighted by atomic mass is 9.88. The fourth-order valence-electron chi connectivity index (χ4n) is 4.93. The lowest BCUT2D eigenvalue weighted by Gasteiger charge is -2.30. The summed E-state index contributed by atoms with van der Waals surface area (Å²) in [5, 5.41) is 13.2. The Kier molecular flexibility index (Phi) is 6.52. The number of hydrogen-bond donors (Lipinski definition) is 3. The molecule has 9 nitrogen and oxygen atoms in total. The van der Waals surface area contributed by atoms with Crippen molar-refractivity contribution in [3.63, 3.8) is 0 Å². The summed E-state index contributed by atoms with van der Waals surface area (Å²) >= 11 is 0. The molecule has 0 saturated carbocycles. The summed E-state index contributed by atoms with van der Waals surface area (Å²) in [7, 11) is 0. The van der Waals surface area contributed by atoms with E-state index in [4.69, 9.17) is 9.26 Å². The van der Waals surface area contributed by atoms with E-state index in [9.17, 15) is 14.0 Å². The third-order valence-corrected chi connectivity index (χ3v) is 6.82. The van der Waals surface area contributed by atoms with Crippen molar-refractivity contribution in [3.05, 3.63) is 65.6 Å². The Morgan fingerprint density at radius 2 is 2.14 bits per heavy atom. The quantitative estimate of drug-likeness (QED) is 0.352. The Morgan fingerprint density at radius 1 is 1.23 bits per heavy atom. The molecule has 1 amide bonds. The second-order valence-corrected chi connectivity index (χ2v) is 9.15. The van der Waals surface area contributed by atoms with Crippen molar-refractivity contribution >= 4 is 17.5 Å². The molecule has 4 heterocycles. The minimum Gasteiger partial charge on any atom is -0.473 e. The van der Waals surface area contributed by atoms with Crippen LogP contribution >= 0.6 is 0 Å². The number of unbranched alkanes of at least 4 members (excludes halogenated alkanes) is 2. The molecule has 0 bridgehead atoms. The average Bonchev–Trinajstić information content (AvgIpc) is 3.67. The highest BCUT2D eigenvalue weighted by molar-refractivity contribution is 5.99. The molecular formula is C25H28FN5O4. The van der Waals surface area contributed by atoms with Gasteiger partial charge in [0.05, 0.1) is 18.1 Å². The topological polar surface area (TPSA) is 118 Å². The SMILES string of the molecule is O=C1CC[C@@](CCCCCC(=O)c2ccon2)(C2=NCC(c3ccc(C4NC=CO4)cc3F)N2)N1. The highest BCUT2D eigenvalue weighted by Crippen LogP contribution is 2.32. The van der Waals surface area contributed by atoms with Gasteiger partial charge in [-0.25, -0.2) is 4.39 Å². The van der Waals surface area contributed by atoms with Crippen LogP contribution in [0.4, 0.5) is 4.39 Å². The van der Waals surface area contributed by atoms with Gasteiger partial charge >= 0.3 is 0 Å². The van der Waals surface area contributed by atoms with Crippen LogP contribution in [-0.2, 0) is 9.53 Å². The smallest absolute Gasteiger partial charge is 0.220 e. The van der Waals surface area contributed by atoms with Crippen LogP contribution < -0.4 is 16.0 Å². The molecule has 3 N–H and O–H groups in total. The van der Waals surface area contributed by atoms with E-state index in [2.05, 4.69) is 26.1 Å². The number of amides is 1. The summed E-state index contributed by atoms with van der Waals surface area (Å²) in [4.78, 5) is 28.9. The molecule has 0 aliphatic carbocycles. The zero-order valence-electron chi connectivity index (χ0n) is 19.3. The normalized spacial score (nSPS) is 25.1. The van der Waals surface area contributed by atoms with Crippen molar-refractivity contribution in [3.8, 4) is 0 Å². The zero-order valence-corrected chi connectivity index (χ0v) is 19.3. The van der Waals surface area contributed by atoms with Gasteiger partial charge in [-0.1, -0.05) is 30.1 Å². The first-order valence-electron chi connectivity index (χ1n) is 12.0. The second kappa shape index (κ2) is 9.89. The number of ether oxygens (including phenoxy) is 1. The number of hydrogen-bond acceptors (Lipinski definition) is 8. The van der Waals surface area contributed by atoms with E-state index < -0.39 is 5.54 Å². The van der Waals surface area contributed by atoms with Crippen LogP contribution in [0, 0.1) is 5.82 Å². The number of benzene rings is 1. The van der Waals surface area contributed by atoms with Gasteiger partial charge in [-0.3, -0.25) is 14.6 Å². The second-order valence-electron chi connectivity index (χ2n) is 9.15. The Hall–Kier alpha value is -3.69. The Labute approximate surface area is 202 Å². The number of nitrogens with one attached hydrogen (secondary N) is 3. The summed E-state index contributed by atoms with van der Waals surface area (Å²) in [6.07, 6.45) is 8.79. The van der Waals surface area contributed by atoms with E-state index in [1.807, 2.05) is 6.07 Å². The zero-order chi connectivity index (χ0) is 24.3. The monoisotopic (exact) mass is 481 g/mol. The third kappa shape index (κ3) is 4.91. The molecule has 2 unspecified atom stereocenters. The van der Waals surface area contributed by atoms with Gasteiger partial charge in [0.15, 0.2) is 12.0 Å². The maximum atomic E-state index is 15.0. The van der Waals surface area contributed by atoms with Gasteiger partial charge in [0.2, 0.25) is 5.91 Å². The van der Waals surface area contributed by atoms with Crippen LogP contribution in [0.15, 0.2) is 52.5 Å². The minimum absolute atomic E-state index is 0.00707. The Bertz CT molecular complexity index is 1140. The molecule has 1 aromatic carbocycles. The van der Waals surface area contributed by atoms with Crippen molar-refractivity contribution in [2.75, 3.05) is 6.54 Å². The Balaban J connectivity index is 1.18. The largest absolute Gasteiger partial charge is 0.473 e. The summed E-state index contributed by atoms with van der Waals surface area (Å²) in [5.74, 6) is 0.342. The third-order valence-electron chi connectivity index (χ3n) is 6.82. The van der Waals surface area contributed by atoms with E-state index in [1.165, 1.54) is 12.3 Å². The van der Waals surface area contributed by atoms with Crippen LogP contribution in [0.5, 0.6) is 0 Å². The van der Waals surface area contributed by atoms with Crippen LogP contribution in [0.25, 0.3) is 0 Å². The molecule has 2 aromatic rings. The number of Topliss-reactive ketones (excluding diaryl/α,β-unsaturated/α-hetero) is 1. The van der Waals surface area contributed by atoms with Crippen molar-refractivity contribution in [2.45, 2.75) is 62.8 Å². The minimum atomic E-state index is -0.578. The van der Waals surface area contributed by atoms with Crippen molar-refractivity contribution in [1.82, 2.24) is 21.1 Å². The molecule has 1 saturated heterocycles. The molecular weight excluding hydrogens is 453 g/mol. The molecule has 0 radical (unpaired) electrons. The molecule has 10 heteroatoms. The standard InChI is InChI=1S/C25H28FN5O4/c26-18-14-16(23-27-11-13-34-23)5-6-17(18)20-15-28-24(29-20)25(10-7-22(33)30-25)9-3-1-2-4-21(32)19-8-12-35-31-19/h5-6,8,11-14,20,23,27H,1-4,7,9-10,15H2,(H,28,29)(H,30,33)/t20?,23?,25-/m0/s1. The molecule has 0 spiro atoms. The number of rotatable bonds is 10. The first kappa shape index (κ1) is 23.1. The fraction of sp³-hybridized carbons (Fsp3) is 0.440. The molecule has 5 rings (SSSR count). The van der Waals surface area contributed by atoms with Gasteiger partial charge in [-0.15, -0.1) is 0 Å². The average molecular weight is 482 g/mol. The van der Waals surface area contributed by atoms with E-state index in [1.54, 1.807) is 24.6 Å². The van der Waals surface area contributed by atoms with Crippen LogP contribution in [-0.4, -0.2) is 34.8 Å². The fourth-order valence-corrected chi connectivity index (χ4v) is 4.93. The van der Waals surface area contributed by atoms with Gasteiger partial charge in [0.1, 0.15) is 29.9 Å². The summed E-state index contributed by atoms with van der Waals surface area (Å²) < 4.78 is 25.1. The number of carbonyl (C=O) groups is 2. The molecule has 35 heavy (non-hydrogen) atoms. The van der Waals surface area contributed by atoms with Crippen LogP contribution in [0.3, 0.4) is 0 Å². The molecule has 1 fully saturated rings. The summed E-state index contributed by atoms with van der Waals surface area (Å²) in [6.45, 7) is 0.398. The van der Waals surface area contributed by atoms with Gasteiger partial charge in [0, 0.05) is 36.2 Å². The molecule has 3 aliphatic heterocycles. The van der Waals surface area contributed by atoms with Crippen LogP contribution in [0.1, 0.15) is 78.8 Å². The highest BCUT2D eigenvalue weighted by atomic mass is 19.1. The highest BCUT2D eigenvalue weighted by Gasteiger charge is 2.44. The van der Waals surface area contributed by atoms with E-state index in [0.717, 1.165) is 19.3 Å². The number of ketones is 1. The van der Waals surface area contributed by atoms with E-state index in [0.29, 0.717) is 54.9 Å². The van der Waals surface area contributed by atoms with E-state index >= 15 is 0 Å². The van der Waals surface area contributed by atoms with Crippen molar-refractivity contribution in [1.29, 1.82) is 0 Å². The summed E-state index contributed by atoms with van der Waals surface area (Å²) in [5.41, 5.74) is 1.01. The lowest BCUT2D eigenvalue weighted by Crippen LogP contribution is -2.53. The summed E-state index contributed by atoms with van der Waals surface area (Å²) in [6, 6.07) is 6.35. The maximum absolute atomic E-state index is 15.0. The van der Waals surface area contributed by atoms with Crippen molar-refractivity contribution in [2.24, 2.45) is 4.99 Å². The first-order valence-corrected chi connectivity index (χ1v) is 12.0. The molecule has 3 atom stereocenters. The Morgan fingerprint density at radius 3 is 2.86 bits per heavy atom.